The highest BCUT2D eigenvalue weighted by atomic mass is 35.5. The molecule has 0 aliphatic heterocycles. The van der Waals surface area contributed by atoms with Crippen LogP contribution in [0.25, 0.3) is 0 Å². The Morgan fingerprint density at radius 1 is 1.53 bits per heavy atom. The van der Waals surface area contributed by atoms with E-state index in [0.717, 1.165) is 19.3 Å². The second kappa shape index (κ2) is 6.03. The van der Waals surface area contributed by atoms with Crippen LogP contribution in [0.4, 0.5) is 0 Å². The third-order valence-electron chi connectivity index (χ3n) is 3.01. The minimum Gasteiger partial charge on any atom is -0.462 e. The molecule has 1 aromatic carbocycles. The van der Waals surface area contributed by atoms with Crippen LogP contribution in [0.15, 0.2) is 18.2 Å². The zero-order chi connectivity index (χ0) is 11.5. The molecule has 0 saturated carbocycles. The number of carbonyl (C=O) groups is 1. The van der Waals surface area contributed by atoms with Gasteiger partial charge in [0.1, 0.15) is 0 Å². The highest BCUT2D eigenvalue weighted by Gasteiger charge is 2.18. The molecule has 3 nitrogen and oxygen atoms in total. The topological polar surface area (TPSA) is 52.3 Å². The molecule has 0 unspecified atom stereocenters. The summed E-state index contributed by atoms with van der Waals surface area (Å²) in [5, 5.41) is 0. The van der Waals surface area contributed by atoms with Crippen LogP contribution >= 0.6 is 12.4 Å². The van der Waals surface area contributed by atoms with Crippen molar-refractivity contribution in [2.45, 2.75) is 32.2 Å². The van der Waals surface area contributed by atoms with E-state index in [1.54, 1.807) is 0 Å². The van der Waals surface area contributed by atoms with Crippen LogP contribution in [-0.2, 0) is 11.2 Å². The number of fused-ring (bicyclic) bond motifs is 1. The molecule has 1 aliphatic carbocycles. The van der Waals surface area contributed by atoms with Crippen molar-refractivity contribution in [1.29, 1.82) is 0 Å². The number of halogens is 1. The molecule has 17 heavy (non-hydrogen) atoms. The van der Waals surface area contributed by atoms with Gasteiger partial charge in [0, 0.05) is 6.04 Å². The van der Waals surface area contributed by atoms with E-state index in [4.69, 9.17) is 10.5 Å². The summed E-state index contributed by atoms with van der Waals surface area (Å²) in [4.78, 5) is 11.6. The molecular formula is C13H18ClNO2. The number of carbonyl (C=O) groups excluding carboxylic acids is 1. The molecule has 1 aromatic rings. The smallest absolute Gasteiger partial charge is 0.338 e. The Morgan fingerprint density at radius 3 is 3.00 bits per heavy atom. The highest BCUT2D eigenvalue weighted by molar-refractivity contribution is 5.89. The van der Waals surface area contributed by atoms with Crippen LogP contribution in [-0.4, -0.2) is 12.6 Å². The van der Waals surface area contributed by atoms with Gasteiger partial charge in [-0.05, 0) is 49.4 Å². The first-order chi connectivity index (χ1) is 7.72. The van der Waals surface area contributed by atoms with Crippen molar-refractivity contribution in [2.24, 2.45) is 5.73 Å². The maximum Gasteiger partial charge on any atom is 0.338 e. The van der Waals surface area contributed by atoms with Gasteiger partial charge in [-0.25, -0.2) is 4.79 Å². The Bertz CT molecular complexity index is 406. The molecule has 2 N–H and O–H groups in total. The standard InChI is InChI=1S/C13H17NO2.ClH/c1-2-16-13(15)10-6-7-11-9(8-10)4-3-5-12(11)14;/h6-8,12H,2-5,14H2,1H3;1H/t12-;/m0./s1. The summed E-state index contributed by atoms with van der Waals surface area (Å²) in [6, 6.07) is 5.82. The predicted octanol–water partition coefficient (Wildman–Crippen LogP) is 2.62. The van der Waals surface area contributed by atoms with Crippen molar-refractivity contribution in [3.63, 3.8) is 0 Å². The Morgan fingerprint density at radius 2 is 2.29 bits per heavy atom. The van der Waals surface area contributed by atoms with Gasteiger partial charge in [-0.2, -0.15) is 0 Å². The maximum atomic E-state index is 11.6. The zero-order valence-electron chi connectivity index (χ0n) is 9.94. The summed E-state index contributed by atoms with van der Waals surface area (Å²) in [5.74, 6) is -0.246. The van der Waals surface area contributed by atoms with Gasteiger partial charge in [0.25, 0.3) is 0 Å². The first-order valence-corrected chi connectivity index (χ1v) is 5.78. The van der Waals surface area contributed by atoms with Crippen LogP contribution in [0.1, 0.15) is 47.3 Å². The molecular weight excluding hydrogens is 238 g/mol. The molecule has 0 heterocycles. The first kappa shape index (κ1) is 14.0. The number of aryl methyl sites for hydroxylation is 1. The molecule has 94 valence electrons. The van der Waals surface area contributed by atoms with Crippen LogP contribution in [0.3, 0.4) is 0 Å². The number of benzene rings is 1. The van der Waals surface area contributed by atoms with Crippen molar-refractivity contribution >= 4 is 18.4 Å². The minimum absolute atomic E-state index is 0. The Hall–Kier alpha value is -1.06. The second-order valence-electron chi connectivity index (χ2n) is 4.13. The van der Waals surface area contributed by atoms with E-state index in [9.17, 15) is 4.79 Å². The molecule has 1 aliphatic rings. The van der Waals surface area contributed by atoms with Gasteiger partial charge >= 0.3 is 5.97 Å². The molecule has 0 radical (unpaired) electrons. The van der Waals surface area contributed by atoms with Crippen LogP contribution in [0.2, 0.25) is 0 Å². The monoisotopic (exact) mass is 255 g/mol. The van der Waals surface area contributed by atoms with Crippen molar-refractivity contribution in [2.75, 3.05) is 6.61 Å². The third-order valence-corrected chi connectivity index (χ3v) is 3.01. The number of esters is 1. The fourth-order valence-electron chi connectivity index (χ4n) is 2.19. The predicted molar refractivity (Wildman–Crippen MR) is 69.5 cm³/mol. The number of ether oxygens (including phenoxy) is 1. The van der Waals surface area contributed by atoms with E-state index >= 15 is 0 Å². The van der Waals surface area contributed by atoms with Gasteiger partial charge in [-0.3, -0.25) is 0 Å². The van der Waals surface area contributed by atoms with Crippen molar-refractivity contribution in [3.8, 4) is 0 Å². The normalized spacial score (nSPS) is 17.9. The largest absolute Gasteiger partial charge is 0.462 e. The summed E-state index contributed by atoms with van der Waals surface area (Å²) in [6.07, 6.45) is 3.14. The summed E-state index contributed by atoms with van der Waals surface area (Å²) >= 11 is 0. The lowest BCUT2D eigenvalue weighted by Gasteiger charge is -2.22. The second-order valence-corrected chi connectivity index (χ2v) is 4.13. The summed E-state index contributed by atoms with van der Waals surface area (Å²) in [5.41, 5.74) is 9.03. The van der Waals surface area contributed by atoms with Crippen LogP contribution in [0.5, 0.6) is 0 Å². The van der Waals surface area contributed by atoms with Gasteiger partial charge in [0.2, 0.25) is 0 Å². The van der Waals surface area contributed by atoms with Crippen LogP contribution in [0, 0.1) is 0 Å². The lowest BCUT2D eigenvalue weighted by Crippen LogP contribution is -2.18. The molecule has 0 saturated heterocycles. The molecule has 2 rings (SSSR count). The van der Waals surface area contributed by atoms with Crippen molar-refractivity contribution < 1.29 is 9.53 Å². The van der Waals surface area contributed by atoms with E-state index in [0.29, 0.717) is 12.2 Å². The lowest BCUT2D eigenvalue weighted by atomic mass is 9.87. The highest BCUT2D eigenvalue weighted by Crippen LogP contribution is 2.28. The molecule has 0 spiro atoms. The van der Waals surface area contributed by atoms with Gasteiger partial charge < -0.3 is 10.5 Å². The molecule has 0 fully saturated rings. The Labute approximate surface area is 108 Å². The average molecular weight is 256 g/mol. The van der Waals surface area contributed by atoms with E-state index in [-0.39, 0.29) is 24.4 Å². The summed E-state index contributed by atoms with van der Waals surface area (Å²) in [6.45, 7) is 2.22. The van der Waals surface area contributed by atoms with E-state index < -0.39 is 0 Å². The molecule has 0 aromatic heterocycles. The number of hydrogen-bond donors (Lipinski definition) is 1. The third kappa shape index (κ3) is 2.99. The zero-order valence-corrected chi connectivity index (χ0v) is 10.8. The van der Waals surface area contributed by atoms with E-state index in [2.05, 4.69) is 0 Å². The lowest BCUT2D eigenvalue weighted by molar-refractivity contribution is 0.0526. The van der Waals surface area contributed by atoms with Crippen molar-refractivity contribution in [1.82, 2.24) is 0 Å². The number of rotatable bonds is 2. The van der Waals surface area contributed by atoms with Crippen molar-refractivity contribution in [3.05, 3.63) is 34.9 Å². The van der Waals surface area contributed by atoms with Gasteiger partial charge in [-0.1, -0.05) is 6.07 Å². The number of nitrogens with two attached hydrogens (primary N) is 1. The van der Waals surface area contributed by atoms with Gasteiger partial charge in [-0.15, -0.1) is 12.4 Å². The fraction of sp³-hybridized carbons (Fsp3) is 0.462. The fourth-order valence-corrected chi connectivity index (χ4v) is 2.19. The SMILES string of the molecule is CCOC(=O)c1ccc2c(c1)CCC[C@@H]2N.Cl. The average Bonchev–Trinajstić information content (AvgIpc) is 2.29. The molecule has 0 amide bonds. The van der Waals surface area contributed by atoms with Crippen LogP contribution < -0.4 is 5.73 Å². The molecule has 0 bridgehead atoms. The quantitative estimate of drug-likeness (QED) is 0.827. The summed E-state index contributed by atoms with van der Waals surface area (Å²) < 4.78 is 4.98. The Balaban J connectivity index is 0.00000144. The van der Waals surface area contributed by atoms with Gasteiger partial charge in [0.15, 0.2) is 0 Å². The summed E-state index contributed by atoms with van der Waals surface area (Å²) in [7, 11) is 0. The first-order valence-electron chi connectivity index (χ1n) is 5.78. The maximum absolute atomic E-state index is 11.6. The van der Waals surface area contributed by atoms with E-state index in [1.807, 2.05) is 25.1 Å². The van der Waals surface area contributed by atoms with Gasteiger partial charge in [0.05, 0.1) is 12.2 Å². The molecule has 4 heteroatoms. The Kier molecular flexibility index (Phi) is 4.97. The van der Waals surface area contributed by atoms with E-state index in [1.165, 1.54) is 11.1 Å². The molecule has 1 atom stereocenters. The minimum atomic E-state index is -0.246. The number of hydrogen-bond acceptors (Lipinski definition) is 3.